The number of benzene rings is 1. The molecular formula is C14H14O2. The molecule has 0 saturated carbocycles. The first-order valence-electron chi connectivity index (χ1n) is 5.00. The molecule has 0 radical (unpaired) electrons. The highest BCUT2D eigenvalue weighted by Crippen LogP contribution is 2.01. The fourth-order valence-corrected chi connectivity index (χ4v) is 0.992. The molecule has 0 atom stereocenters. The molecule has 0 unspecified atom stereocenters. The van der Waals surface area contributed by atoms with Gasteiger partial charge >= 0.3 is 0 Å². The Kier molecular flexibility index (Phi) is 4.04. The molecule has 2 nitrogen and oxygen atoms in total. The zero-order valence-electron chi connectivity index (χ0n) is 9.40. The first-order valence-corrected chi connectivity index (χ1v) is 5.00. The summed E-state index contributed by atoms with van der Waals surface area (Å²) < 4.78 is 0. The van der Waals surface area contributed by atoms with E-state index in [0.717, 1.165) is 5.56 Å². The van der Waals surface area contributed by atoms with E-state index in [4.69, 9.17) is 0 Å². The van der Waals surface area contributed by atoms with Gasteiger partial charge in [-0.2, -0.15) is 0 Å². The number of allylic oxidation sites excluding steroid dienone is 1. The third-order valence-corrected chi connectivity index (χ3v) is 1.72. The Hall–Kier alpha value is -1.85. The smallest absolute Gasteiger partial charge is 0.228 e. The Bertz CT molecular complexity index is 439. The molecule has 0 aliphatic heterocycles. The summed E-state index contributed by atoms with van der Waals surface area (Å²) >= 11 is 0. The Morgan fingerprint density at radius 2 is 1.94 bits per heavy atom. The highest BCUT2D eigenvalue weighted by molar-refractivity contribution is 6.06. The van der Waals surface area contributed by atoms with Crippen molar-refractivity contribution < 1.29 is 9.90 Å². The Morgan fingerprint density at radius 1 is 1.31 bits per heavy atom. The lowest BCUT2D eigenvalue weighted by Gasteiger charge is -2.05. The van der Waals surface area contributed by atoms with Gasteiger partial charge in [0.05, 0.1) is 0 Å². The molecule has 16 heavy (non-hydrogen) atoms. The van der Waals surface area contributed by atoms with Crippen LogP contribution < -0.4 is 0 Å². The summed E-state index contributed by atoms with van der Waals surface area (Å²) in [5.74, 6) is 4.52. The zero-order valence-corrected chi connectivity index (χ0v) is 9.40. The van der Waals surface area contributed by atoms with Crippen LogP contribution in [0.3, 0.4) is 0 Å². The van der Waals surface area contributed by atoms with Crippen LogP contribution in [-0.2, 0) is 4.79 Å². The van der Waals surface area contributed by atoms with Crippen LogP contribution in [0.4, 0.5) is 0 Å². The number of ketones is 1. The summed E-state index contributed by atoms with van der Waals surface area (Å²) in [6, 6.07) is 9.49. The van der Waals surface area contributed by atoms with Crippen LogP contribution in [0.5, 0.6) is 0 Å². The number of rotatable bonds is 2. The van der Waals surface area contributed by atoms with E-state index in [1.807, 2.05) is 30.3 Å². The van der Waals surface area contributed by atoms with Crippen molar-refractivity contribution in [2.24, 2.45) is 0 Å². The molecule has 82 valence electrons. The van der Waals surface area contributed by atoms with Gasteiger partial charge in [-0.15, -0.1) is 0 Å². The zero-order chi connectivity index (χ0) is 12.0. The van der Waals surface area contributed by atoms with Crippen molar-refractivity contribution in [3.05, 3.63) is 42.0 Å². The monoisotopic (exact) mass is 214 g/mol. The van der Waals surface area contributed by atoms with Crippen molar-refractivity contribution in [2.45, 2.75) is 19.4 Å². The maximum Gasteiger partial charge on any atom is 0.228 e. The average Bonchev–Trinajstić information content (AvgIpc) is 2.24. The van der Waals surface area contributed by atoms with Gasteiger partial charge in [0.25, 0.3) is 0 Å². The van der Waals surface area contributed by atoms with E-state index >= 15 is 0 Å². The molecule has 0 aliphatic carbocycles. The van der Waals surface area contributed by atoms with Crippen molar-refractivity contribution >= 4 is 11.9 Å². The van der Waals surface area contributed by atoms with Gasteiger partial charge < -0.3 is 5.11 Å². The van der Waals surface area contributed by atoms with E-state index in [2.05, 4.69) is 11.8 Å². The molecule has 1 N–H and O–H groups in total. The molecule has 0 fully saturated rings. The third kappa shape index (κ3) is 5.14. The summed E-state index contributed by atoms with van der Waals surface area (Å²) in [5, 5.41) is 9.30. The van der Waals surface area contributed by atoms with Crippen LogP contribution in [0.15, 0.2) is 36.4 Å². The fourth-order valence-electron chi connectivity index (χ4n) is 0.992. The molecule has 0 spiro atoms. The lowest BCUT2D eigenvalue weighted by atomic mass is 10.1. The maximum absolute atomic E-state index is 11.3. The molecule has 2 heteroatoms. The van der Waals surface area contributed by atoms with Crippen molar-refractivity contribution in [1.82, 2.24) is 0 Å². The second-order valence-corrected chi connectivity index (χ2v) is 3.92. The first kappa shape index (κ1) is 12.2. The minimum absolute atomic E-state index is 0.314. The predicted molar refractivity (Wildman–Crippen MR) is 64.6 cm³/mol. The lowest BCUT2D eigenvalue weighted by Crippen LogP contribution is -2.15. The molecule has 0 heterocycles. The van der Waals surface area contributed by atoms with Gasteiger partial charge in [-0.05, 0) is 31.4 Å². The second-order valence-electron chi connectivity index (χ2n) is 3.92. The summed E-state index contributed by atoms with van der Waals surface area (Å²) in [6.07, 6.45) is 3.09. The predicted octanol–water partition coefficient (Wildman–Crippen LogP) is 2.04. The van der Waals surface area contributed by atoms with Crippen LogP contribution in [0, 0.1) is 11.8 Å². The number of carbonyl (C=O) groups is 1. The number of carbonyl (C=O) groups excluding carboxylic acids is 1. The van der Waals surface area contributed by atoms with Gasteiger partial charge in [0.2, 0.25) is 5.78 Å². The van der Waals surface area contributed by atoms with E-state index < -0.39 is 5.60 Å². The normalized spacial score (nSPS) is 10.9. The number of hydrogen-bond donors (Lipinski definition) is 1. The van der Waals surface area contributed by atoms with E-state index in [1.54, 1.807) is 6.08 Å². The molecule has 1 aromatic rings. The van der Waals surface area contributed by atoms with E-state index in [9.17, 15) is 9.90 Å². The molecule has 0 aromatic heterocycles. The molecule has 0 saturated heterocycles. The molecule has 0 aliphatic rings. The second kappa shape index (κ2) is 5.29. The van der Waals surface area contributed by atoms with Crippen LogP contribution in [0.25, 0.3) is 6.08 Å². The van der Waals surface area contributed by atoms with Gasteiger partial charge in [-0.25, -0.2) is 0 Å². The first-order chi connectivity index (χ1) is 7.47. The summed E-state index contributed by atoms with van der Waals surface area (Å²) in [5.41, 5.74) is -0.183. The summed E-state index contributed by atoms with van der Waals surface area (Å²) in [6.45, 7) is 3.07. The molecule has 1 aromatic carbocycles. The SMILES string of the molecule is CC(C)(O)C#CC(=O)C=Cc1ccccc1. The van der Waals surface area contributed by atoms with Crippen LogP contribution >= 0.6 is 0 Å². The standard InChI is InChI=1S/C14H14O2/c1-14(2,16)11-10-13(15)9-8-12-6-4-3-5-7-12/h3-9,16H,1-2H3. The Labute approximate surface area is 95.6 Å². The van der Waals surface area contributed by atoms with Gasteiger partial charge in [-0.3, -0.25) is 4.79 Å². The molecule has 1 rings (SSSR count). The third-order valence-electron chi connectivity index (χ3n) is 1.72. The number of hydrogen-bond acceptors (Lipinski definition) is 2. The van der Waals surface area contributed by atoms with Crippen molar-refractivity contribution in [2.75, 3.05) is 0 Å². The van der Waals surface area contributed by atoms with Crippen LogP contribution in [0.2, 0.25) is 0 Å². The van der Waals surface area contributed by atoms with Gasteiger partial charge in [0.15, 0.2) is 0 Å². The highest BCUT2D eigenvalue weighted by atomic mass is 16.3. The van der Waals surface area contributed by atoms with Crippen molar-refractivity contribution in [3.63, 3.8) is 0 Å². The van der Waals surface area contributed by atoms with Crippen molar-refractivity contribution in [3.8, 4) is 11.8 Å². The van der Waals surface area contributed by atoms with E-state index in [0.29, 0.717) is 0 Å². The fraction of sp³-hybridized carbons (Fsp3) is 0.214. The van der Waals surface area contributed by atoms with Gasteiger partial charge in [0.1, 0.15) is 5.60 Å². The Morgan fingerprint density at radius 3 is 2.50 bits per heavy atom. The summed E-state index contributed by atoms with van der Waals surface area (Å²) in [7, 11) is 0. The van der Waals surface area contributed by atoms with Crippen molar-refractivity contribution in [1.29, 1.82) is 0 Å². The topological polar surface area (TPSA) is 37.3 Å². The van der Waals surface area contributed by atoms with Gasteiger partial charge in [-0.1, -0.05) is 42.3 Å². The minimum atomic E-state index is -1.13. The average molecular weight is 214 g/mol. The minimum Gasteiger partial charge on any atom is -0.378 e. The molecule has 0 bridgehead atoms. The highest BCUT2D eigenvalue weighted by Gasteiger charge is 2.06. The molecule has 0 amide bonds. The molecular weight excluding hydrogens is 200 g/mol. The van der Waals surface area contributed by atoms with Crippen LogP contribution in [-0.4, -0.2) is 16.5 Å². The lowest BCUT2D eigenvalue weighted by molar-refractivity contribution is -0.109. The number of aliphatic hydroxyl groups is 1. The van der Waals surface area contributed by atoms with Gasteiger partial charge in [0, 0.05) is 0 Å². The van der Waals surface area contributed by atoms with E-state index in [-0.39, 0.29) is 5.78 Å². The largest absolute Gasteiger partial charge is 0.378 e. The Balaban J connectivity index is 2.65. The quantitative estimate of drug-likeness (QED) is 0.464. The maximum atomic E-state index is 11.3. The summed E-state index contributed by atoms with van der Waals surface area (Å²) in [4.78, 5) is 11.3. The van der Waals surface area contributed by atoms with E-state index in [1.165, 1.54) is 19.9 Å². The van der Waals surface area contributed by atoms with Crippen LogP contribution in [0.1, 0.15) is 19.4 Å².